The predicted molar refractivity (Wildman–Crippen MR) is 135 cm³/mol. The van der Waals surface area contributed by atoms with Gasteiger partial charge in [0.05, 0.1) is 22.3 Å². The number of fused-ring (bicyclic) bond motifs is 2. The molecular formula is C28H35F2N5O2. The van der Waals surface area contributed by atoms with E-state index in [0.717, 1.165) is 88.7 Å². The number of carbonyl (C=O) groups is 1. The number of carbonyl (C=O) groups excluding carboxylic acids is 1. The van der Waals surface area contributed by atoms with Gasteiger partial charge in [0.25, 0.3) is 11.8 Å². The number of benzene rings is 1. The largest absolute Gasteiger partial charge is 0.364 e. The molecule has 3 fully saturated rings. The van der Waals surface area contributed by atoms with Crippen LogP contribution < -0.4 is 5.32 Å². The Morgan fingerprint density at radius 3 is 2.84 bits per heavy atom. The minimum absolute atomic E-state index is 0.0145. The Balaban J connectivity index is 0.963. The number of hydrogen-bond donors (Lipinski definition) is 1. The topological polar surface area (TPSA) is 76.2 Å². The van der Waals surface area contributed by atoms with Crippen LogP contribution in [0.5, 0.6) is 0 Å². The molecule has 1 aliphatic heterocycles. The van der Waals surface area contributed by atoms with Crippen LogP contribution in [0, 0.1) is 11.8 Å². The molecule has 0 bridgehead atoms. The number of aromatic nitrogens is 3. The van der Waals surface area contributed by atoms with Gasteiger partial charge >= 0.3 is 0 Å². The van der Waals surface area contributed by atoms with Crippen LogP contribution in [0.4, 0.5) is 8.78 Å². The zero-order valence-corrected chi connectivity index (χ0v) is 21.6. The van der Waals surface area contributed by atoms with Crippen LogP contribution in [0.3, 0.4) is 0 Å². The second-order valence-corrected chi connectivity index (χ2v) is 11.6. The molecule has 1 saturated heterocycles. The van der Waals surface area contributed by atoms with Crippen molar-refractivity contribution in [1.82, 2.24) is 25.2 Å². The number of amides is 1. The van der Waals surface area contributed by atoms with Crippen molar-refractivity contribution in [2.24, 2.45) is 18.9 Å². The highest BCUT2D eigenvalue weighted by Crippen LogP contribution is 2.60. The molecule has 1 aromatic carbocycles. The van der Waals surface area contributed by atoms with E-state index in [2.05, 4.69) is 20.5 Å². The number of halogens is 2. The highest BCUT2D eigenvalue weighted by Gasteiger charge is 2.61. The smallest absolute Gasteiger partial charge is 0.275 e. The molecule has 198 valence electrons. The lowest BCUT2D eigenvalue weighted by Crippen LogP contribution is -2.40. The van der Waals surface area contributed by atoms with Gasteiger partial charge in [-0.2, -0.15) is 5.10 Å². The average molecular weight is 512 g/mol. The monoisotopic (exact) mass is 511 g/mol. The van der Waals surface area contributed by atoms with Gasteiger partial charge in [-0.15, -0.1) is 0 Å². The van der Waals surface area contributed by atoms with Crippen molar-refractivity contribution >= 4 is 16.8 Å². The molecule has 3 aromatic rings. The minimum Gasteiger partial charge on any atom is -0.364 e. The van der Waals surface area contributed by atoms with Crippen LogP contribution in [-0.2, 0) is 18.4 Å². The number of nitrogens with zero attached hydrogens (tertiary/aromatic N) is 4. The lowest BCUT2D eigenvalue weighted by atomic mass is 9.83. The maximum absolute atomic E-state index is 14.0. The van der Waals surface area contributed by atoms with Gasteiger partial charge in [0.1, 0.15) is 6.26 Å². The third-order valence-electron chi connectivity index (χ3n) is 9.04. The summed E-state index contributed by atoms with van der Waals surface area (Å²) < 4.78 is 34.7. The summed E-state index contributed by atoms with van der Waals surface area (Å²) >= 11 is 0. The summed E-state index contributed by atoms with van der Waals surface area (Å²) in [6.07, 6.45) is 10.2. The molecular weight excluding hydrogens is 476 g/mol. The lowest BCUT2D eigenvalue weighted by molar-refractivity contribution is 0.0151. The maximum atomic E-state index is 14.0. The molecule has 2 unspecified atom stereocenters. The molecule has 0 radical (unpaired) electrons. The van der Waals surface area contributed by atoms with E-state index in [4.69, 9.17) is 4.52 Å². The van der Waals surface area contributed by atoms with Crippen molar-refractivity contribution in [3.8, 4) is 0 Å². The molecule has 9 heteroatoms. The second-order valence-electron chi connectivity index (χ2n) is 11.6. The van der Waals surface area contributed by atoms with Crippen molar-refractivity contribution in [3.63, 3.8) is 0 Å². The lowest BCUT2D eigenvalue weighted by Gasteiger charge is -2.34. The molecule has 6 rings (SSSR count). The summed E-state index contributed by atoms with van der Waals surface area (Å²) in [5.74, 6) is -1.87. The van der Waals surface area contributed by atoms with E-state index < -0.39 is 5.92 Å². The summed E-state index contributed by atoms with van der Waals surface area (Å²) in [5.41, 5.74) is 1.77. The number of nitrogens with one attached hydrogen (secondary N) is 1. The maximum Gasteiger partial charge on any atom is 0.275 e. The van der Waals surface area contributed by atoms with E-state index in [1.165, 1.54) is 0 Å². The predicted octanol–water partition coefficient (Wildman–Crippen LogP) is 5.02. The average Bonchev–Trinajstić information content (AvgIpc) is 3.17. The first kappa shape index (κ1) is 24.5. The van der Waals surface area contributed by atoms with E-state index in [9.17, 15) is 13.6 Å². The molecule has 2 aliphatic carbocycles. The van der Waals surface area contributed by atoms with Gasteiger partial charge in [-0.1, -0.05) is 11.2 Å². The standard InChI is InChI=1S/C28H35F2N5O2/c1-27(29,30)23-17-37-33-25(23)28-11-13-35(15-19(28)14-28)12-10-18-6-8-20(9-7-18)31-26(36)21-4-3-5-24-22(21)16-34(2)32-24/h3-5,16-20H,6-15H2,1-2H3,(H,31,36). The second kappa shape index (κ2) is 9.19. The van der Waals surface area contributed by atoms with Gasteiger partial charge in [-0.05, 0) is 82.0 Å². The summed E-state index contributed by atoms with van der Waals surface area (Å²) in [4.78, 5) is 15.5. The minimum atomic E-state index is -2.92. The number of hydrogen-bond acceptors (Lipinski definition) is 5. The van der Waals surface area contributed by atoms with Crippen LogP contribution in [0.2, 0.25) is 0 Å². The zero-order valence-electron chi connectivity index (χ0n) is 21.6. The Hall–Kier alpha value is -2.81. The van der Waals surface area contributed by atoms with Crippen LogP contribution >= 0.6 is 0 Å². The molecule has 2 atom stereocenters. The fraction of sp³-hybridized carbons (Fsp3) is 0.607. The molecule has 2 aromatic heterocycles. The first-order chi connectivity index (χ1) is 17.7. The molecule has 3 aliphatic rings. The summed E-state index contributed by atoms with van der Waals surface area (Å²) in [6, 6.07) is 5.90. The van der Waals surface area contributed by atoms with E-state index in [0.29, 0.717) is 23.1 Å². The zero-order chi connectivity index (χ0) is 25.8. The number of aryl methyl sites for hydroxylation is 1. The Bertz CT molecular complexity index is 1290. The normalized spacial score (nSPS) is 28.3. The van der Waals surface area contributed by atoms with Crippen molar-refractivity contribution < 1.29 is 18.1 Å². The quantitative estimate of drug-likeness (QED) is 0.482. The van der Waals surface area contributed by atoms with Crippen LogP contribution in [0.1, 0.15) is 73.5 Å². The molecule has 0 spiro atoms. The van der Waals surface area contributed by atoms with Crippen LogP contribution in [0.15, 0.2) is 35.2 Å². The Kier molecular flexibility index (Phi) is 6.09. The first-order valence-corrected chi connectivity index (χ1v) is 13.5. The van der Waals surface area contributed by atoms with Gasteiger partial charge in [-0.3, -0.25) is 9.48 Å². The van der Waals surface area contributed by atoms with Gasteiger partial charge in [-0.25, -0.2) is 8.78 Å². The van der Waals surface area contributed by atoms with E-state index in [-0.39, 0.29) is 22.9 Å². The number of piperidine rings is 1. The number of likely N-dealkylation sites (tertiary alicyclic amines) is 1. The Labute approximate surface area is 215 Å². The third-order valence-corrected chi connectivity index (χ3v) is 9.04. The number of rotatable bonds is 7. The SMILES string of the molecule is Cn1cc2c(C(=O)NC3CCC(CCN4CCC5(c6nocc6C(C)(F)F)CC5C4)CC3)cccc2n1. The summed E-state index contributed by atoms with van der Waals surface area (Å²) in [5, 5.41) is 12.6. The van der Waals surface area contributed by atoms with Crippen LogP contribution in [-0.4, -0.2) is 51.4 Å². The van der Waals surface area contributed by atoms with E-state index in [1.807, 2.05) is 31.4 Å². The van der Waals surface area contributed by atoms with E-state index in [1.54, 1.807) is 4.68 Å². The highest BCUT2D eigenvalue weighted by atomic mass is 19.3. The molecule has 7 nitrogen and oxygen atoms in total. The third kappa shape index (κ3) is 4.67. The Morgan fingerprint density at radius 2 is 2.08 bits per heavy atom. The van der Waals surface area contributed by atoms with Crippen molar-refractivity contribution in [3.05, 3.63) is 47.5 Å². The van der Waals surface area contributed by atoms with Crippen molar-refractivity contribution in [1.29, 1.82) is 0 Å². The van der Waals surface area contributed by atoms with Crippen molar-refractivity contribution in [2.75, 3.05) is 19.6 Å². The van der Waals surface area contributed by atoms with Gasteiger partial charge < -0.3 is 14.7 Å². The number of alkyl halides is 2. The molecule has 3 heterocycles. The fourth-order valence-electron chi connectivity index (χ4n) is 6.79. The van der Waals surface area contributed by atoms with Gasteiger partial charge in [0, 0.05) is 43.6 Å². The van der Waals surface area contributed by atoms with Crippen molar-refractivity contribution in [2.45, 2.75) is 69.2 Å². The van der Waals surface area contributed by atoms with E-state index >= 15 is 0 Å². The summed E-state index contributed by atoms with van der Waals surface area (Å²) in [7, 11) is 1.87. The van der Waals surface area contributed by atoms with Gasteiger partial charge in [0.2, 0.25) is 0 Å². The Morgan fingerprint density at radius 1 is 1.27 bits per heavy atom. The molecule has 1 amide bonds. The summed E-state index contributed by atoms with van der Waals surface area (Å²) in [6.45, 7) is 3.84. The molecule has 2 saturated carbocycles. The highest BCUT2D eigenvalue weighted by molar-refractivity contribution is 6.06. The van der Waals surface area contributed by atoms with Crippen LogP contribution in [0.25, 0.3) is 10.9 Å². The van der Waals surface area contributed by atoms with Gasteiger partial charge in [0.15, 0.2) is 0 Å². The molecule has 1 N–H and O–H groups in total. The fourth-order valence-corrected chi connectivity index (χ4v) is 6.79. The first-order valence-electron chi connectivity index (χ1n) is 13.5. The molecule has 37 heavy (non-hydrogen) atoms.